The molecule has 2 bridgehead atoms. The molecule has 1 amide bonds. The van der Waals surface area contributed by atoms with Crippen LogP contribution in [0, 0.1) is 5.92 Å². The zero-order valence-electron chi connectivity index (χ0n) is 15.3. The van der Waals surface area contributed by atoms with Gasteiger partial charge in [0.1, 0.15) is 0 Å². The van der Waals surface area contributed by atoms with Crippen LogP contribution >= 0.6 is 11.3 Å². The molecule has 3 aliphatic heterocycles. The summed E-state index contributed by atoms with van der Waals surface area (Å²) in [6, 6.07) is 8.48. The number of carboxylic acid groups (broad SMARTS) is 1. The lowest BCUT2D eigenvalue weighted by Gasteiger charge is -2.44. The SMILES string of the molecule is O=C(N[C@H]1CN2CCC1CC2)c1n[nH]c2cc(-c3ccsc3)ccc12.O=CO. The zero-order valence-corrected chi connectivity index (χ0v) is 16.1. The Morgan fingerprint density at radius 3 is 2.71 bits per heavy atom. The molecule has 3 fully saturated rings. The molecule has 0 spiro atoms. The first kappa shape index (κ1) is 18.6. The number of piperidine rings is 3. The van der Waals surface area contributed by atoms with Crippen LogP contribution in [0.25, 0.3) is 22.0 Å². The molecule has 0 radical (unpaired) electrons. The lowest BCUT2D eigenvalue weighted by molar-refractivity contribution is -0.122. The van der Waals surface area contributed by atoms with E-state index in [-0.39, 0.29) is 18.4 Å². The third-order valence-corrected chi connectivity index (χ3v) is 6.29. The van der Waals surface area contributed by atoms with Gasteiger partial charge in [-0.15, -0.1) is 0 Å². The summed E-state index contributed by atoms with van der Waals surface area (Å²) in [6.45, 7) is 3.07. The summed E-state index contributed by atoms with van der Waals surface area (Å²) >= 11 is 1.68. The predicted octanol–water partition coefficient (Wildman–Crippen LogP) is 2.82. The number of nitrogens with one attached hydrogen (secondary N) is 2. The summed E-state index contributed by atoms with van der Waals surface area (Å²) in [7, 11) is 0. The number of thiophene rings is 1. The molecule has 3 N–H and O–H groups in total. The summed E-state index contributed by atoms with van der Waals surface area (Å²) < 4.78 is 0. The highest BCUT2D eigenvalue weighted by Crippen LogP contribution is 2.29. The Labute approximate surface area is 166 Å². The average molecular weight is 398 g/mol. The molecule has 8 heteroatoms. The molecule has 3 saturated heterocycles. The Morgan fingerprint density at radius 2 is 2.07 bits per heavy atom. The summed E-state index contributed by atoms with van der Waals surface area (Å²) in [5.74, 6) is 0.553. The summed E-state index contributed by atoms with van der Waals surface area (Å²) in [5.41, 5.74) is 3.74. The number of hydrogen-bond donors (Lipinski definition) is 3. The van der Waals surface area contributed by atoms with Crippen molar-refractivity contribution >= 4 is 34.6 Å². The third-order valence-electron chi connectivity index (χ3n) is 5.61. The van der Waals surface area contributed by atoms with Crippen molar-refractivity contribution in [3.8, 4) is 11.1 Å². The van der Waals surface area contributed by atoms with Gasteiger partial charge in [-0.25, -0.2) is 0 Å². The molecular formula is C20H22N4O3S. The highest BCUT2D eigenvalue weighted by atomic mass is 32.1. The molecule has 6 rings (SSSR count). The number of fused-ring (bicyclic) bond motifs is 4. The maximum atomic E-state index is 12.8. The van der Waals surface area contributed by atoms with Crippen LogP contribution in [0.5, 0.6) is 0 Å². The van der Waals surface area contributed by atoms with Gasteiger partial charge >= 0.3 is 0 Å². The number of aromatic amines is 1. The number of amides is 1. The smallest absolute Gasteiger partial charge is 0.290 e. The van der Waals surface area contributed by atoms with Crippen molar-refractivity contribution in [3.05, 3.63) is 40.7 Å². The van der Waals surface area contributed by atoms with E-state index >= 15 is 0 Å². The molecule has 0 saturated carbocycles. The van der Waals surface area contributed by atoms with Crippen molar-refractivity contribution in [2.45, 2.75) is 18.9 Å². The molecular weight excluding hydrogens is 376 g/mol. The number of rotatable bonds is 3. The third kappa shape index (κ3) is 3.65. The van der Waals surface area contributed by atoms with E-state index in [9.17, 15) is 4.79 Å². The first-order chi connectivity index (χ1) is 13.7. The molecule has 1 aromatic carbocycles. The van der Waals surface area contributed by atoms with Gasteiger partial charge in [0.25, 0.3) is 12.4 Å². The highest BCUT2D eigenvalue weighted by molar-refractivity contribution is 7.08. The summed E-state index contributed by atoms with van der Waals surface area (Å²) in [5, 5.41) is 22.5. The van der Waals surface area contributed by atoms with Crippen molar-refractivity contribution in [2.24, 2.45) is 5.92 Å². The molecule has 3 aliphatic rings. The fourth-order valence-electron chi connectivity index (χ4n) is 4.17. The molecule has 5 heterocycles. The zero-order chi connectivity index (χ0) is 19.5. The Hall–Kier alpha value is -2.71. The van der Waals surface area contributed by atoms with Crippen molar-refractivity contribution in [3.63, 3.8) is 0 Å². The maximum Gasteiger partial charge on any atom is 0.290 e. The summed E-state index contributed by atoms with van der Waals surface area (Å²) in [4.78, 5) is 23.6. The van der Waals surface area contributed by atoms with Gasteiger partial charge in [-0.3, -0.25) is 14.7 Å². The minimum absolute atomic E-state index is 0.0618. The number of aromatic nitrogens is 2. The van der Waals surface area contributed by atoms with Crippen LogP contribution in [0.15, 0.2) is 35.0 Å². The van der Waals surface area contributed by atoms with Crippen molar-refractivity contribution < 1.29 is 14.7 Å². The van der Waals surface area contributed by atoms with Crippen LogP contribution in [0.3, 0.4) is 0 Å². The van der Waals surface area contributed by atoms with E-state index in [1.807, 2.05) is 6.07 Å². The second kappa shape index (κ2) is 8.12. The molecule has 146 valence electrons. The van der Waals surface area contributed by atoms with Gasteiger partial charge < -0.3 is 15.3 Å². The Kier molecular flexibility index (Phi) is 5.40. The van der Waals surface area contributed by atoms with Gasteiger partial charge in [0.05, 0.1) is 5.52 Å². The predicted molar refractivity (Wildman–Crippen MR) is 109 cm³/mol. The van der Waals surface area contributed by atoms with Crippen LogP contribution in [0.4, 0.5) is 0 Å². The number of H-pyrrole nitrogens is 1. The van der Waals surface area contributed by atoms with Gasteiger partial charge in [0, 0.05) is 18.0 Å². The minimum atomic E-state index is -0.250. The van der Waals surface area contributed by atoms with Gasteiger partial charge in [0.2, 0.25) is 0 Å². The number of benzene rings is 1. The van der Waals surface area contributed by atoms with Crippen LogP contribution in [0.2, 0.25) is 0 Å². The average Bonchev–Trinajstić information content (AvgIpc) is 3.39. The fraction of sp³-hybridized carbons (Fsp3) is 0.350. The van der Waals surface area contributed by atoms with Crippen LogP contribution in [0.1, 0.15) is 23.3 Å². The Balaban J connectivity index is 0.000000604. The molecule has 3 aromatic rings. The number of hydrogen-bond acceptors (Lipinski definition) is 5. The second-order valence-electron chi connectivity index (χ2n) is 7.17. The molecule has 1 atom stereocenters. The van der Waals surface area contributed by atoms with Crippen LogP contribution < -0.4 is 5.32 Å². The van der Waals surface area contributed by atoms with E-state index in [1.165, 1.54) is 31.5 Å². The highest BCUT2D eigenvalue weighted by Gasteiger charge is 2.35. The van der Waals surface area contributed by atoms with E-state index in [4.69, 9.17) is 9.90 Å². The number of nitrogens with zero attached hydrogens (tertiary/aromatic N) is 2. The second-order valence-corrected chi connectivity index (χ2v) is 7.95. The standard InChI is InChI=1S/C19H20N4OS.CH2O2/c24-19(20-17-10-23-6-3-12(17)4-7-23)18-15-2-1-13(9-16(15)21-22-18)14-5-8-25-11-14;2-1-3/h1-2,5,8-9,11-12,17H,3-4,6-7,10H2,(H,20,24)(H,21,22);1H,(H,2,3)/t17-;/m0./s1. The molecule has 2 aromatic heterocycles. The Morgan fingerprint density at radius 1 is 1.29 bits per heavy atom. The quantitative estimate of drug-likeness (QED) is 0.590. The molecule has 28 heavy (non-hydrogen) atoms. The van der Waals surface area contributed by atoms with E-state index in [2.05, 4.69) is 49.4 Å². The fourth-order valence-corrected chi connectivity index (χ4v) is 4.83. The largest absolute Gasteiger partial charge is 0.483 e. The topological polar surface area (TPSA) is 98.3 Å². The van der Waals surface area contributed by atoms with Crippen LogP contribution in [-0.2, 0) is 4.79 Å². The van der Waals surface area contributed by atoms with Gasteiger partial charge in [-0.2, -0.15) is 16.4 Å². The van der Waals surface area contributed by atoms with E-state index in [1.54, 1.807) is 11.3 Å². The number of carbonyl (C=O) groups is 2. The molecule has 0 unspecified atom stereocenters. The normalized spacial score (nSPS) is 23.1. The first-order valence-corrected chi connectivity index (χ1v) is 10.3. The monoisotopic (exact) mass is 398 g/mol. The summed E-state index contributed by atoms with van der Waals surface area (Å²) in [6.07, 6.45) is 2.38. The lowest BCUT2D eigenvalue weighted by Crippen LogP contribution is -2.57. The van der Waals surface area contributed by atoms with Gasteiger partial charge in [0.15, 0.2) is 5.69 Å². The molecule has 7 nitrogen and oxygen atoms in total. The minimum Gasteiger partial charge on any atom is -0.483 e. The first-order valence-electron chi connectivity index (χ1n) is 9.31. The van der Waals surface area contributed by atoms with Crippen molar-refractivity contribution in [1.29, 1.82) is 0 Å². The van der Waals surface area contributed by atoms with Gasteiger partial charge in [-0.05, 0) is 71.9 Å². The van der Waals surface area contributed by atoms with Crippen molar-refractivity contribution in [1.82, 2.24) is 20.4 Å². The van der Waals surface area contributed by atoms with E-state index in [0.717, 1.165) is 23.0 Å². The Bertz CT molecular complexity index is 961. The maximum absolute atomic E-state index is 12.8. The van der Waals surface area contributed by atoms with Crippen LogP contribution in [-0.4, -0.2) is 58.3 Å². The van der Waals surface area contributed by atoms with Gasteiger partial charge in [-0.1, -0.05) is 6.07 Å². The van der Waals surface area contributed by atoms with E-state index < -0.39 is 0 Å². The van der Waals surface area contributed by atoms with E-state index in [0.29, 0.717) is 11.6 Å². The molecule has 0 aliphatic carbocycles. The van der Waals surface area contributed by atoms with Crippen molar-refractivity contribution in [2.75, 3.05) is 19.6 Å². The number of carbonyl (C=O) groups excluding carboxylic acids is 1. The lowest BCUT2D eigenvalue weighted by atomic mass is 9.84.